The molecule has 0 atom stereocenters. The molecular formula is C21H21NO4. The van der Waals surface area contributed by atoms with Gasteiger partial charge in [-0.05, 0) is 60.6 Å². The SMILES string of the molecule is O=C(COc1ccc2c(c1)CCC2)OCC(=O)N1CCc2ccccc21. The maximum atomic E-state index is 12.3. The van der Waals surface area contributed by atoms with Crippen molar-refractivity contribution >= 4 is 17.6 Å². The molecule has 2 aromatic carbocycles. The average molecular weight is 351 g/mol. The first-order valence-corrected chi connectivity index (χ1v) is 8.99. The summed E-state index contributed by atoms with van der Waals surface area (Å²) in [5.41, 5.74) is 4.70. The van der Waals surface area contributed by atoms with Gasteiger partial charge in [0, 0.05) is 12.2 Å². The van der Waals surface area contributed by atoms with Crippen LogP contribution in [0.5, 0.6) is 5.75 Å². The predicted molar refractivity (Wildman–Crippen MR) is 97.4 cm³/mol. The number of carbonyl (C=O) groups is 2. The number of fused-ring (bicyclic) bond motifs is 2. The van der Waals surface area contributed by atoms with E-state index in [4.69, 9.17) is 9.47 Å². The Morgan fingerprint density at radius 1 is 0.923 bits per heavy atom. The van der Waals surface area contributed by atoms with Crippen LogP contribution in [0.15, 0.2) is 42.5 Å². The fourth-order valence-corrected chi connectivity index (χ4v) is 3.64. The molecule has 0 bridgehead atoms. The van der Waals surface area contributed by atoms with Crippen molar-refractivity contribution in [3.05, 3.63) is 59.2 Å². The van der Waals surface area contributed by atoms with Crippen molar-refractivity contribution < 1.29 is 19.1 Å². The normalized spacial score (nSPS) is 14.7. The van der Waals surface area contributed by atoms with E-state index in [1.807, 2.05) is 36.4 Å². The van der Waals surface area contributed by atoms with Crippen molar-refractivity contribution in [2.24, 2.45) is 0 Å². The number of amides is 1. The van der Waals surface area contributed by atoms with Gasteiger partial charge in [0.1, 0.15) is 5.75 Å². The third-order valence-electron chi connectivity index (χ3n) is 4.97. The number of aryl methyl sites for hydroxylation is 2. The lowest BCUT2D eigenvalue weighted by Gasteiger charge is -2.17. The molecule has 5 nitrogen and oxygen atoms in total. The zero-order chi connectivity index (χ0) is 17.9. The average Bonchev–Trinajstić information content (AvgIpc) is 3.30. The lowest BCUT2D eigenvalue weighted by atomic mass is 10.1. The number of hydrogen-bond acceptors (Lipinski definition) is 4. The number of hydrogen-bond donors (Lipinski definition) is 0. The molecule has 0 N–H and O–H groups in total. The zero-order valence-electron chi connectivity index (χ0n) is 14.6. The summed E-state index contributed by atoms with van der Waals surface area (Å²) in [6.45, 7) is 0.171. The Morgan fingerprint density at radius 2 is 1.77 bits per heavy atom. The van der Waals surface area contributed by atoms with Crippen molar-refractivity contribution in [2.45, 2.75) is 25.7 Å². The van der Waals surface area contributed by atoms with Crippen molar-refractivity contribution in [3.8, 4) is 5.75 Å². The predicted octanol–water partition coefficient (Wildman–Crippen LogP) is 2.69. The van der Waals surface area contributed by atoms with Crippen LogP contribution in [0.3, 0.4) is 0 Å². The lowest BCUT2D eigenvalue weighted by molar-refractivity contribution is -0.149. The summed E-state index contributed by atoms with van der Waals surface area (Å²) < 4.78 is 10.6. The second-order valence-corrected chi connectivity index (χ2v) is 6.66. The number of benzene rings is 2. The summed E-state index contributed by atoms with van der Waals surface area (Å²) in [5.74, 6) is -0.0745. The first kappa shape index (κ1) is 16.6. The number of nitrogens with zero attached hydrogens (tertiary/aromatic N) is 1. The molecule has 0 aromatic heterocycles. The van der Waals surface area contributed by atoms with Crippen molar-refractivity contribution in [3.63, 3.8) is 0 Å². The standard InChI is InChI=1S/C21H21NO4/c23-20(22-11-10-16-4-1-2-7-19(16)22)13-26-21(24)14-25-18-9-8-15-5-3-6-17(15)12-18/h1-2,4,7-9,12H,3,5-6,10-11,13-14H2. The highest BCUT2D eigenvalue weighted by Crippen LogP contribution is 2.27. The van der Waals surface area contributed by atoms with E-state index in [2.05, 4.69) is 6.07 Å². The van der Waals surface area contributed by atoms with Gasteiger partial charge in [0.2, 0.25) is 0 Å². The number of para-hydroxylation sites is 1. The molecule has 1 heterocycles. The monoisotopic (exact) mass is 351 g/mol. The Kier molecular flexibility index (Phi) is 4.61. The van der Waals surface area contributed by atoms with Crippen LogP contribution in [0.2, 0.25) is 0 Å². The van der Waals surface area contributed by atoms with Crippen LogP contribution in [0, 0.1) is 0 Å². The number of rotatable bonds is 5. The van der Waals surface area contributed by atoms with E-state index in [9.17, 15) is 9.59 Å². The quantitative estimate of drug-likeness (QED) is 0.777. The van der Waals surface area contributed by atoms with Crippen LogP contribution in [0.25, 0.3) is 0 Å². The first-order valence-electron chi connectivity index (χ1n) is 8.99. The summed E-state index contributed by atoms with van der Waals surface area (Å²) >= 11 is 0. The van der Waals surface area contributed by atoms with Gasteiger partial charge in [0.05, 0.1) is 0 Å². The fourth-order valence-electron chi connectivity index (χ4n) is 3.64. The molecule has 0 saturated carbocycles. The Labute approximate surface area is 152 Å². The van der Waals surface area contributed by atoms with Crippen LogP contribution in [0.4, 0.5) is 5.69 Å². The Balaban J connectivity index is 1.26. The van der Waals surface area contributed by atoms with Gasteiger partial charge in [-0.15, -0.1) is 0 Å². The summed E-state index contributed by atoms with van der Waals surface area (Å²) in [7, 11) is 0. The Bertz CT molecular complexity index is 846. The molecule has 134 valence electrons. The number of carbonyl (C=O) groups excluding carboxylic acids is 2. The Morgan fingerprint density at radius 3 is 2.69 bits per heavy atom. The highest BCUT2D eigenvalue weighted by Gasteiger charge is 2.24. The van der Waals surface area contributed by atoms with E-state index in [0.717, 1.165) is 30.5 Å². The largest absolute Gasteiger partial charge is 0.482 e. The molecule has 1 aliphatic carbocycles. The van der Waals surface area contributed by atoms with Gasteiger partial charge in [0.25, 0.3) is 5.91 Å². The van der Waals surface area contributed by atoms with E-state index in [1.165, 1.54) is 17.5 Å². The van der Waals surface area contributed by atoms with E-state index in [0.29, 0.717) is 12.3 Å². The van der Waals surface area contributed by atoms with Crippen LogP contribution >= 0.6 is 0 Å². The summed E-state index contributed by atoms with van der Waals surface area (Å²) in [4.78, 5) is 25.9. The second-order valence-electron chi connectivity index (χ2n) is 6.66. The maximum absolute atomic E-state index is 12.3. The topological polar surface area (TPSA) is 55.8 Å². The third-order valence-corrected chi connectivity index (χ3v) is 4.97. The van der Waals surface area contributed by atoms with Gasteiger partial charge in [-0.25, -0.2) is 4.79 Å². The van der Waals surface area contributed by atoms with Crippen LogP contribution in [-0.2, 0) is 33.6 Å². The molecule has 0 radical (unpaired) electrons. The summed E-state index contributed by atoms with van der Waals surface area (Å²) in [6, 6.07) is 13.7. The van der Waals surface area contributed by atoms with Crippen LogP contribution < -0.4 is 9.64 Å². The molecule has 4 rings (SSSR count). The van der Waals surface area contributed by atoms with E-state index >= 15 is 0 Å². The van der Waals surface area contributed by atoms with Gasteiger partial charge >= 0.3 is 5.97 Å². The minimum atomic E-state index is -0.536. The first-order chi connectivity index (χ1) is 12.7. The molecule has 0 fully saturated rings. The lowest BCUT2D eigenvalue weighted by Crippen LogP contribution is -2.33. The molecule has 0 unspecified atom stereocenters. The molecule has 0 spiro atoms. The number of ether oxygens (including phenoxy) is 2. The van der Waals surface area contributed by atoms with Crippen molar-refractivity contribution in [1.82, 2.24) is 0 Å². The van der Waals surface area contributed by atoms with Gasteiger partial charge in [-0.3, -0.25) is 4.79 Å². The zero-order valence-corrected chi connectivity index (χ0v) is 14.6. The molecule has 0 saturated heterocycles. The van der Waals surface area contributed by atoms with Gasteiger partial charge < -0.3 is 14.4 Å². The van der Waals surface area contributed by atoms with E-state index in [-0.39, 0.29) is 19.1 Å². The van der Waals surface area contributed by atoms with Crippen LogP contribution in [-0.4, -0.2) is 31.6 Å². The third kappa shape index (κ3) is 3.43. The van der Waals surface area contributed by atoms with E-state index in [1.54, 1.807) is 4.90 Å². The summed E-state index contributed by atoms with van der Waals surface area (Å²) in [5, 5.41) is 0. The van der Waals surface area contributed by atoms with Crippen LogP contribution in [0.1, 0.15) is 23.1 Å². The molecule has 5 heteroatoms. The van der Waals surface area contributed by atoms with Crippen molar-refractivity contribution in [2.75, 3.05) is 24.7 Å². The second kappa shape index (κ2) is 7.20. The smallest absolute Gasteiger partial charge is 0.344 e. The summed E-state index contributed by atoms with van der Waals surface area (Å²) in [6.07, 6.45) is 4.17. The fraction of sp³-hybridized carbons (Fsp3) is 0.333. The molecule has 2 aliphatic rings. The molecule has 2 aromatic rings. The molecule has 1 aliphatic heterocycles. The highest BCUT2D eigenvalue weighted by atomic mass is 16.6. The van der Waals surface area contributed by atoms with Gasteiger partial charge in [0.15, 0.2) is 13.2 Å². The number of esters is 1. The number of anilines is 1. The molecule has 26 heavy (non-hydrogen) atoms. The minimum Gasteiger partial charge on any atom is -0.482 e. The maximum Gasteiger partial charge on any atom is 0.344 e. The molecule has 1 amide bonds. The minimum absolute atomic E-state index is 0.192. The molecular weight excluding hydrogens is 330 g/mol. The Hall–Kier alpha value is -2.82. The van der Waals surface area contributed by atoms with Crippen molar-refractivity contribution in [1.29, 1.82) is 0 Å². The van der Waals surface area contributed by atoms with E-state index < -0.39 is 5.97 Å². The van der Waals surface area contributed by atoms with Gasteiger partial charge in [-0.1, -0.05) is 24.3 Å². The highest BCUT2D eigenvalue weighted by molar-refractivity contribution is 5.97. The van der Waals surface area contributed by atoms with Gasteiger partial charge in [-0.2, -0.15) is 0 Å².